The van der Waals surface area contributed by atoms with Gasteiger partial charge in [-0.3, -0.25) is 0 Å². The summed E-state index contributed by atoms with van der Waals surface area (Å²) < 4.78 is 5.04. The minimum absolute atomic E-state index is 0.0175. The largest absolute Gasteiger partial charge is 0.461 e. The number of aliphatic hydroxyl groups is 1. The van der Waals surface area contributed by atoms with Gasteiger partial charge in [0.15, 0.2) is 0 Å². The van der Waals surface area contributed by atoms with Gasteiger partial charge in [0.25, 0.3) is 0 Å². The topological polar surface area (TPSA) is 55.2 Å². The summed E-state index contributed by atoms with van der Waals surface area (Å²) in [7, 11) is 0. The van der Waals surface area contributed by atoms with Gasteiger partial charge in [-0.05, 0) is 19.9 Å². The molecule has 1 N–H and O–H groups in total. The van der Waals surface area contributed by atoms with Gasteiger partial charge in [-0.25, -0.2) is 9.97 Å². The lowest BCUT2D eigenvalue weighted by molar-refractivity contribution is 0.191. The molecule has 0 saturated heterocycles. The Morgan fingerprint density at radius 3 is 2.42 bits per heavy atom. The molecule has 0 aromatic carbocycles. The SMILES string of the molecule is Cc1cc(C)nc(OCCO)n1. The number of nitrogens with zero attached hydrogens (tertiary/aromatic N) is 2. The Morgan fingerprint density at radius 1 is 1.33 bits per heavy atom. The van der Waals surface area contributed by atoms with Crippen LogP contribution in [0.2, 0.25) is 0 Å². The lowest BCUT2D eigenvalue weighted by atomic mass is 10.4. The Labute approximate surface area is 71.2 Å². The predicted molar refractivity (Wildman–Crippen MR) is 44.1 cm³/mol. The van der Waals surface area contributed by atoms with Gasteiger partial charge in [0.2, 0.25) is 0 Å². The van der Waals surface area contributed by atoms with E-state index in [0.29, 0.717) is 6.01 Å². The van der Waals surface area contributed by atoms with E-state index in [1.165, 1.54) is 0 Å². The molecule has 0 saturated carbocycles. The van der Waals surface area contributed by atoms with E-state index in [-0.39, 0.29) is 13.2 Å². The van der Waals surface area contributed by atoms with Crippen molar-refractivity contribution in [3.05, 3.63) is 17.5 Å². The third-order valence-corrected chi connectivity index (χ3v) is 1.28. The highest BCUT2D eigenvalue weighted by Gasteiger charge is 1.98. The standard InChI is InChI=1S/C8H12N2O2/c1-6-5-7(2)10-8(9-6)12-4-3-11/h5,11H,3-4H2,1-2H3. The molecule has 0 radical (unpaired) electrons. The quantitative estimate of drug-likeness (QED) is 0.712. The van der Waals surface area contributed by atoms with Crippen LogP contribution >= 0.6 is 0 Å². The fourth-order valence-corrected chi connectivity index (χ4v) is 0.895. The van der Waals surface area contributed by atoms with Gasteiger partial charge in [0.05, 0.1) is 6.61 Å². The molecule has 0 unspecified atom stereocenters. The summed E-state index contributed by atoms with van der Waals surface area (Å²) >= 11 is 0. The van der Waals surface area contributed by atoms with Crippen LogP contribution in [0.4, 0.5) is 0 Å². The van der Waals surface area contributed by atoms with Gasteiger partial charge in [-0.15, -0.1) is 0 Å². The Bertz CT molecular complexity index is 243. The van der Waals surface area contributed by atoms with Crippen LogP contribution in [0.1, 0.15) is 11.4 Å². The Balaban J connectivity index is 2.72. The first kappa shape index (κ1) is 8.93. The number of aromatic nitrogens is 2. The number of hydrogen-bond acceptors (Lipinski definition) is 4. The summed E-state index contributed by atoms with van der Waals surface area (Å²) in [4.78, 5) is 8.05. The highest BCUT2D eigenvalue weighted by Crippen LogP contribution is 2.05. The van der Waals surface area contributed by atoms with Crippen molar-refractivity contribution in [3.8, 4) is 6.01 Å². The van der Waals surface area contributed by atoms with Crippen molar-refractivity contribution in [3.63, 3.8) is 0 Å². The fraction of sp³-hybridized carbons (Fsp3) is 0.500. The van der Waals surface area contributed by atoms with Crippen LogP contribution in [-0.2, 0) is 0 Å². The van der Waals surface area contributed by atoms with Crippen molar-refractivity contribution in [2.24, 2.45) is 0 Å². The molecular formula is C8H12N2O2. The highest BCUT2D eigenvalue weighted by molar-refractivity contribution is 5.10. The van der Waals surface area contributed by atoms with Crippen molar-refractivity contribution in [2.45, 2.75) is 13.8 Å². The zero-order valence-electron chi connectivity index (χ0n) is 7.24. The Kier molecular flexibility index (Phi) is 2.99. The monoisotopic (exact) mass is 168 g/mol. The van der Waals surface area contributed by atoms with Crippen LogP contribution in [0.15, 0.2) is 6.07 Å². The van der Waals surface area contributed by atoms with Crippen LogP contribution in [0, 0.1) is 13.8 Å². The molecular weight excluding hydrogens is 156 g/mol. The van der Waals surface area contributed by atoms with E-state index < -0.39 is 0 Å². The minimum atomic E-state index is -0.0175. The Hall–Kier alpha value is -1.16. The van der Waals surface area contributed by atoms with Crippen LogP contribution in [0.5, 0.6) is 6.01 Å². The molecule has 1 rings (SSSR count). The molecule has 66 valence electrons. The summed E-state index contributed by atoms with van der Waals surface area (Å²) in [5.74, 6) is 0. The number of aliphatic hydroxyl groups excluding tert-OH is 1. The molecule has 1 aromatic heterocycles. The van der Waals surface area contributed by atoms with Gasteiger partial charge < -0.3 is 9.84 Å². The molecule has 0 amide bonds. The molecule has 0 aliphatic carbocycles. The third-order valence-electron chi connectivity index (χ3n) is 1.28. The summed E-state index contributed by atoms with van der Waals surface area (Å²) in [6, 6.07) is 2.20. The fourth-order valence-electron chi connectivity index (χ4n) is 0.895. The lowest BCUT2D eigenvalue weighted by Gasteiger charge is -2.03. The lowest BCUT2D eigenvalue weighted by Crippen LogP contribution is -2.05. The van der Waals surface area contributed by atoms with Crippen LogP contribution in [-0.4, -0.2) is 28.3 Å². The van der Waals surface area contributed by atoms with Crippen molar-refractivity contribution in [2.75, 3.05) is 13.2 Å². The molecule has 0 atom stereocenters. The number of aryl methyl sites for hydroxylation is 2. The molecule has 0 bridgehead atoms. The molecule has 0 aliphatic rings. The maximum Gasteiger partial charge on any atom is 0.316 e. The van der Waals surface area contributed by atoms with E-state index in [1.54, 1.807) is 0 Å². The molecule has 12 heavy (non-hydrogen) atoms. The predicted octanol–water partition coefficient (Wildman–Crippen LogP) is 0.465. The van der Waals surface area contributed by atoms with Crippen LogP contribution in [0.25, 0.3) is 0 Å². The first-order valence-electron chi connectivity index (χ1n) is 3.78. The van der Waals surface area contributed by atoms with E-state index in [0.717, 1.165) is 11.4 Å². The maximum absolute atomic E-state index is 8.49. The summed E-state index contributed by atoms with van der Waals surface area (Å²) in [6.07, 6.45) is 0. The second-order valence-corrected chi connectivity index (χ2v) is 2.51. The first-order chi connectivity index (χ1) is 5.72. The minimum Gasteiger partial charge on any atom is -0.461 e. The van der Waals surface area contributed by atoms with E-state index in [4.69, 9.17) is 9.84 Å². The molecule has 0 fully saturated rings. The number of rotatable bonds is 3. The number of ether oxygens (including phenoxy) is 1. The smallest absolute Gasteiger partial charge is 0.316 e. The first-order valence-corrected chi connectivity index (χ1v) is 3.78. The van der Waals surface area contributed by atoms with Crippen LogP contribution in [0.3, 0.4) is 0 Å². The molecule has 0 aliphatic heterocycles. The van der Waals surface area contributed by atoms with Gasteiger partial charge in [-0.1, -0.05) is 0 Å². The second kappa shape index (κ2) is 4.01. The normalized spacial score (nSPS) is 9.92. The van der Waals surface area contributed by atoms with Crippen molar-refractivity contribution in [1.29, 1.82) is 0 Å². The van der Waals surface area contributed by atoms with E-state index in [9.17, 15) is 0 Å². The zero-order chi connectivity index (χ0) is 8.97. The average molecular weight is 168 g/mol. The molecule has 4 nitrogen and oxygen atoms in total. The summed E-state index contributed by atoms with van der Waals surface area (Å²) in [6.45, 7) is 3.97. The molecule has 1 heterocycles. The average Bonchev–Trinajstić information content (AvgIpc) is 1.99. The van der Waals surface area contributed by atoms with Crippen molar-refractivity contribution >= 4 is 0 Å². The summed E-state index contributed by atoms with van der Waals surface area (Å²) in [5, 5.41) is 8.49. The van der Waals surface area contributed by atoms with Gasteiger partial charge >= 0.3 is 6.01 Å². The summed E-state index contributed by atoms with van der Waals surface area (Å²) in [5.41, 5.74) is 1.74. The second-order valence-electron chi connectivity index (χ2n) is 2.51. The van der Waals surface area contributed by atoms with E-state index in [1.807, 2.05) is 19.9 Å². The van der Waals surface area contributed by atoms with Gasteiger partial charge in [0.1, 0.15) is 6.61 Å². The zero-order valence-corrected chi connectivity index (χ0v) is 7.24. The van der Waals surface area contributed by atoms with E-state index in [2.05, 4.69) is 9.97 Å². The molecule has 4 heteroatoms. The number of hydrogen-bond donors (Lipinski definition) is 1. The van der Waals surface area contributed by atoms with E-state index >= 15 is 0 Å². The van der Waals surface area contributed by atoms with Crippen molar-refractivity contribution in [1.82, 2.24) is 9.97 Å². The maximum atomic E-state index is 8.49. The molecule has 1 aromatic rings. The third kappa shape index (κ3) is 2.47. The van der Waals surface area contributed by atoms with Crippen molar-refractivity contribution < 1.29 is 9.84 Å². The highest BCUT2D eigenvalue weighted by atomic mass is 16.5. The van der Waals surface area contributed by atoms with Crippen LogP contribution < -0.4 is 4.74 Å². The van der Waals surface area contributed by atoms with Gasteiger partial charge in [0, 0.05) is 11.4 Å². The van der Waals surface area contributed by atoms with Gasteiger partial charge in [-0.2, -0.15) is 0 Å². The Morgan fingerprint density at radius 2 is 1.92 bits per heavy atom. The molecule has 0 spiro atoms.